The van der Waals surface area contributed by atoms with Crippen LogP contribution < -0.4 is 4.72 Å². The first-order valence-electron chi connectivity index (χ1n) is 10.4. The van der Waals surface area contributed by atoms with E-state index in [-0.39, 0.29) is 23.1 Å². The summed E-state index contributed by atoms with van der Waals surface area (Å²) in [6.07, 6.45) is 4.27. The summed E-state index contributed by atoms with van der Waals surface area (Å²) in [5.74, 6) is -0.420. The fraction of sp³-hybridized carbons (Fsp3) is 0.524. The molecular weight excluding hydrogens is 442 g/mol. The van der Waals surface area contributed by atoms with Crippen LogP contribution in [-0.2, 0) is 34.4 Å². The summed E-state index contributed by atoms with van der Waals surface area (Å²) in [4.78, 5) is 15.7. The average Bonchev–Trinajstić information content (AvgIpc) is 3.03. The van der Waals surface area contributed by atoms with Crippen molar-refractivity contribution in [2.45, 2.75) is 76.5 Å². The molecule has 10 heteroatoms. The van der Waals surface area contributed by atoms with E-state index in [9.17, 15) is 23.4 Å². The third-order valence-corrected chi connectivity index (χ3v) is 6.81. The molecule has 2 aromatic rings. The normalized spacial score (nSPS) is 12.8. The fourth-order valence-corrected chi connectivity index (χ4v) is 4.70. The highest BCUT2D eigenvalue weighted by molar-refractivity contribution is 7.89. The minimum atomic E-state index is -3.96. The zero-order valence-corrected chi connectivity index (χ0v) is 19.4. The van der Waals surface area contributed by atoms with Crippen molar-refractivity contribution in [3.05, 3.63) is 46.5 Å². The van der Waals surface area contributed by atoms with Crippen molar-refractivity contribution >= 4 is 27.6 Å². The molecule has 0 aliphatic heterocycles. The van der Waals surface area contributed by atoms with Crippen molar-refractivity contribution in [3.63, 3.8) is 0 Å². The number of aliphatic carboxylic acids is 1. The van der Waals surface area contributed by atoms with Gasteiger partial charge in [0.2, 0.25) is 10.0 Å². The molecule has 0 spiro atoms. The fourth-order valence-electron chi connectivity index (χ4n) is 3.22. The standard InChI is InChI=1S/C21H30ClN3O5S/c1-3-5-7-17(21(27)28)24-31(29,30)16-11-9-15(10-12-16)13-25-18(14-26)20(22)23-19(25)8-6-4-2/h9-12,17,24,26H,3-8,13-14H2,1-2H3,(H,27,28). The number of rotatable bonds is 13. The van der Waals surface area contributed by atoms with Crippen LogP contribution in [0.4, 0.5) is 0 Å². The maximum Gasteiger partial charge on any atom is 0.321 e. The molecule has 1 unspecified atom stereocenters. The summed E-state index contributed by atoms with van der Waals surface area (Å²) < 4.78 is 29.4. The topological polar surface area (TPSA) is 122 Å². The van der Waals surface area contributed by atoms with Gasteiger partial charge in [-0.1, -0.05) is 56.8 Å². The highest BCUT2D eigenvalue weighted by Gasteiger charge is 2.25. The summed E-state index contributed by atoms with van der Waals surface area (Å²) in [5.41, 5.74) is 1.33. The number of benzene rings is 1. The first kappa shape index (κ1) is 25.3. The molecule has 8 nitrogen and oxygen atoms in total. The Kier molecular flexibility index (Phi) is 9.49. The van der Waals surface area contributed by atoms with E-state index in [2.05, 4.69) is 16.6 Å². The van der Waals surface area contributed by atoms with E-state index in [1.54, 1.807) is 12.1 Å². The van der Waals surface area contributed by atoms with Crippen molar-refractivity contribution in [2.75, 3.05) is 0 Å². The van der Waals surface area contributed by atoms with Crippen LogP contribution in [0.5, 0.6) is 0 Å². The van der Waals surface area contributed by atoms with E-state index in [1.807, 2.05) is 11.5 Å². The van der Waals surface area contributed by atoms with Gasteiger partial charge in [0.25, 0.3) is 0 Å². The lowest BCUT2D eigenvalue weighted by atomic mass is 10.1. The second-order valence-corrected chi connectivity index (χ2v) is 9.48. The lowest BCUT2D eigenvalue weighted by molar-refractivity contribution is -0.139. The second-order valence-electron chi connectivity index (χ2n) is 7.41. The molecule has 0 bridgehead atoms. The summed E-state index contributed by atoms with van der Waals surface area (Å²) in [5, 5.41) is 19.2. The predicted octanol–water partition coefficient (Wildman–Crippen LogP) is 3.34. The molecule has 1 heterocycles. The van der Waals surface area contributed by atoms with Crippen LogP contribution in [0.2, 0.25) is 5.15 Å². The second kappa shape index (κ2) is 11.6. The number of hydrogen-bond acceptors (Lipinski definition) is 5. The van der Waals surface area contributed by atoms with Gasteiger partial charge in [0, 0.05) is 13.0 Å². The van der Waals surface area contributed by atoms with E-state index in [0.717, 1.165) is 37.1 Å². The molecule has 0 saturated carbocycles. The van der Waals surface area contributed by atoms with Crippen molar-refractivity contribution in [1.29, 1.82) is 0 Å². The number of carboxylic acids is 1. The Hall–Kier alpha value is -1.94. The minimum Gasteiger partial charge on any atom is -0.480 e. The molecule has 0 aliphatic carbocycles. The Labute approximate surface area is 188 Å². The van der Waals surface area contributed by atoms with Gasteiger partial charge in [-0.2, -0.15) is 4.72 Å². The van der Waals surface area contributed by atoms with Gasteiger partial charge in [0.15, 0.2) is 5.15 Å². The zero-order chi connectivity index (χ0) is 23.0. The highest BCUT2D eigenvalue weighted by atomic mass is 35.5. The highest BCUT2D eigenvalue weighted by Crippen LogP contribution is 2.21. The van der Waals surface area contributed by atoms with E-state index in [0.29, 0.717) is 18.7 Å². The number of carboxylic acid groups (broad SMARTS) is 1. The summed E-state index contributed by atoms with van der Waals surface area (Å²) in [6, 6.07) is 5.05. The minimum absolute atomic E-state index is 0.00347. The monoisotopic (exact) mass is 471 g/mol. The third-order valence-electron chi connectivity index (χ3n) is 5.02. The van der Waals surface area contributed by atoms with E-state index >= 15 is 0 Å². The number of carbonyl (C=O) groups is 1. The van der Waals surface area contributed by atoms with Crippen molar-refractivity contribution < 1.29 is 23.4 Å². The Morgan fingerprint density at radius 3 is 2.39 bits per heavy atom. The first-order chi connectivity index (χ1) is 14.7. The molecule has 0 fully saturated rings. The number of aliphatic hydroxyl groups excluding tert-OH is 1. The lowest BCUT2D eigenvalue weighted by Crippen LogP contribution is -2.40. The number of aliphatic hydroxyl groups is 1. The van der Waals surface area contributed by atoms with Gasteiger partial charge in [0.1, 0.15) is 11.9 Å². The maximum absolute atomic E-state index is 12.6. The predicted molar refractivity (Wildman–Crippen MR) is 119 cm³/mol. The van der Waals surface area contributed by atoms with Gasteiger partial charge in [0.05, 0.1) is 17.2 Å². The number of unbranched alkanes of at least 4 members (excludes halogenated alkanes) is 2. The van der Waals surface area contributed by atoms with Crippen LogP contribution in [0.1, 0.15) is 63.0 Å². The van der Waals surface area contributed by atoms with E-state index < -0.39 is 22.0 Å². The summed E-state index contributed by atoms with van der Waals surface area (Å²) in [7, 11) is -3.96. The summed E-state index contributed by atoms with van der Waals surface area (Å²) in [6.45, 7) is 4.13. The molecule has 1 aromatic heterocycles. The third kappa shape index (κ3) is 6.77. The molecule has 0 amide bonds. The number of aromatic nitrogens is 2. The maximum atomic E-state index is 12.6. The molecular formula is C21H30ClN3O5S. The largest absolute Gasteiger partial charge is 0.480 e. The summed E-state index contributed by atoms with van der Waals surface area (Å²) >= 11 is 6.16. The number of aryl methyl sites for hydroxylation is 1. The van der Waals surface area contributed by atoms with Crippen LogP contribution >= 0.6 is 11.6 Å². The number of nitrogens with one attached hydrogen (secondary N) is 1. The Morgan fingerprint density at radius 1 is 1.19 bits per heavy atom. The van der Waals surface area contributed by atoms with Gasteiger partial charge in [-0.3, -0.25) is 4.79 Å². The number of nitrogens with zero attached hydrogens (tertiary/aromatic N) is 2. The number of sulfonamides is 1. The quantitative estimate of drug-likeness (QED) is 0.412. The molecule has 1 atom stereocenters. The SMILES string of the molecule is CCCCc1nc(Cl)c(CO)n1Cc1ccc(S(=O)(=O)NC(CCCC)C(=O)O)cc1. The van der Waals surface area contributed by atoms with E-state index in [4.69, 9.17) is 11.6 Å². The Balaban J connectivity index is 2.21. The van der Waals surface area contributed by atoms with Gasteiger partial charge < -0.3 is 14.8 Å². The van der Waals surface area contributed by atoms with Crippen molar-refractivity contribution in [2.24, 2.45) is 0 Å². The zero-order valence-electron chi connectivity index (χ0n) is 17.8. The molecule has 0 radical (unpaired) electrons. The molecule has 1 aromatic carbocycles. The van der Waals surface area contributed by atoms with Crippen LogP contribution in [-0.4, -0.2) is 40.2 Å². The molecule has 2 rings (SSSR count). The molecule has 172 valence electrons. The smallest absolute Gasteiger partial charge is 0.321 e. The van der Waals surface area contributed by atoms with Gasteiger partial charge in [-0.15, -0.1) is 0 Å². The average molecular weight is 472 g/mol. The lowest BCUT2D eigenvalue weighted by Gasteiger charge is -2.15. The van der Waals surface area contributed by atoms with Gasteiger partial charge >= 0.3 is 5.97 Å². The van der Waals surface area contributed by atoms with Crippen LogP contribution in [0.15, 0.2) is 29.2 Å². The van der Waals surface area contributed by atoms with Gasteiger partial charge in [-0.25, -0.2) is 13.4 Å². The molecule has 3 N–H and O–H groups in total. The molecule has 0 aliphatic rings. The molecule has 0 saturated heterocycles. The van der Waals surface area contributed by atoms with Crippen LogP contribution in [0, 0.1) is 0 Å². The van der Waals surface area contributed by atoms with Crippen molar-refractivity contribution in [3.8, 4) is 0 Å². The van der Waals surface area contributed by atoms with E-state index in [1.165, 1.54) is 12.1 Å². The number of halogens is 1. The van der Waals surface area contributed by atoms with Gasteiger partial charge in [-0.05, 0) is 30.5 Å². The molecule has 31 heavy (non-hydrogen) atoms. The van der Waals surface area contributed by atoms with Crippen LogP contribution in [0.3, 0.4) is 0 Å². The Morgan fingerprint density at radius 2 is 1.84 bits per heavy atom. The van der Waals surface area contributed by atoms with Crippen LogP contribution in [0.25, 0.3) is 0 Å². The number of imidazole rings is 1. The van der Waals surface area contributed by atoms with Crippen molar-refractivity contribution in [1.82, 2.24) is 14.3 Å². The number of hydrogen-bond donors (Lipinski definition) is 3. The first-order valence-corrected chi connectivity index (χ1v) is 12.3. The Bertz CT molecular complexity index is 974.